The Balaban J connectivity index is 1.92. The Hall–Kier alpha value is -2.24. The van der Waals surface area contributed by atoms with Crippen LogP contribution in [0.1, 0.15) is 10.4 Å². The van der Waals surface area contributed by atoms with Crippen LogP contribution in [0.25, 0.3) is 0 Å². The number of anilines is 2. The molecule has 0 heterocycles. The first-order valence-electron chi connectivity index (χ1n) is 6.34. The van der Waals surface area contributed by atoms with Crippen molar-refractivity contribution in [1.29, 1.82) is 0 Å². The maximum atomic E-state index is 11.8. The highest BCUT2D eigenvalue weighted by Crippen LogP contribution is 2.20. The summed E-state index contributed by atoms with van der Waals surface area (Å²) in [6.45, 7) is 0.0505. The summed E-state index contributed by atoms with van der Waals surface area (Å²) in [5.74, 6) is -0.825. The van der Waals surface area contributed by atoms with Crippen molar-refractivity contribution >= 4 is 46.4 Å². The number of hydrogen-bond donors (Lipinski definition) is 3. The lowest BCUT2D eigenvalue weighted by Gasteiger charge is -2.09. The Morgan fingerprint density at radius 3 is 2.23 bits per heavy atom. The van der Waals surface area contributed by atoms with Crippen molar-refractivity contribution < 1.29 is 9.59 Å². The number of carbonyl (C=O) groups is 2. The summed E-state index contributed by atoms with van der Waals surface area (Å²) >= 11 is 11.7. The van der Waals surface area contributed by atoms with Crippen LogP contribution < -0.4 is 16.4 Å². The zero-order valence-corrected chi connectivity index (χ0v) is 12.9. The molecule has 0 spiro atoms. The largest absolute Gasteiger partial charge is 0.376 e. The zero-order valence-electron chi connectivity index (χ0n) is 11.4. The summed E-state index contributed by atoms with van der Waals surface area (Å²) in [6, 6.07) is 11.5. The van der Waals surface area contributed by atoms with Crippen molar-refractivity contribution in [1.82, 2.24) is 0 Å². The molecule has 2 rings (SSSR count). The van der Waals surface area contributed by atoms with E-state index in [1.54, 1.807) is 30.3 Å². The van der Waals surface area contributed by atoms with Crippen LogP contribution in [0.2, 0.25) is 10.0 Å². The van der Waals surface area contributed by atoms with Crippen LogP contribution >= 0.6 is 23.2 Å². The quantitative estimate of drug-likeness (QED) is 0.783. The molecule has 0 radical (unpaired) electrons. The Morgan fingerprint density at radius 2 is 1.64 bits per heavy atom. The third-order valence-electron chi connectivity index (χ3n) is 2.82. The number of amides is 2. The predicted molar refractivity (Wildman–Crippen MR) is 88.5 cm³/mol. The normalized spacial score (nSPS) is 10.1. The third-order valence-corrected chi connectivity index (χ3v) is 3.38. The second-order valence-electron chi connectivity index (χ2n) is 4.47. The summed E-state index contributed by atoms with van der Waals surface area (Å²) in [5, 5.41) is 6.45. The van der Waals surface area contributed by atoms with Crippen molar-refractivity contribution in [2.75, 3.05) is 17.2 Å². The van der Waals surface area contributed by atoms with E-state index in [-0.39, 0.29) is 23.0 Å². The number of nitrogens with one attached hydrogen (secondary N) is 2. The molecule has 0 aliphatic rings. The smallest absolute Gasteiger partial charge is 0.250 e. The lowest BCUT2D eigenvalue weighted by Crippen LogP contribution is -2.21. The minimum atomic E-state index is -0.600. The molecular weight excluding hydrogens is 325 g/mol. The molecule has 0 aliphatic carbocycles. The minimum absolute atomic E-state index is 0.0505. The number of hydrogen-bond acceptors (Lipinski definition) is 3. The summed E-state index contributed by atoms with van der Waals surface area (Å²) in [7, 11) is 0. The fourth-order valence-corrected chi connectivity index (χ4v) is 2.15. The van der Waals surface area contributed by atoms with Gasteiger partial charge in [0.05, 0.1) is 17.1 Å². The fraction of sp³-hybridized carbons (Fsp3) is 0.0667. The summed E-state index contributed by atoms with van der Waals surface area (Å²) in [4.78, 5) is 22.9. The highest BCUT2D eigenvalue weighted by Gasteiger charge is 2.08. The van der Waals surface area contributed by atoms with Gasteiger partial charge < -0.3 is 16.4 Å². The Labute approximate surface area is 137 Å². The first-order chi connectivity index (χ1) is 10.5. The van der Waals surface area contributed by atoms with E-state index >= 15 is 0 Å². The lowest BCUT2D eigenvalue weighted by molar-refractivity contribution is -0.114. The average Bonchev–Trinajstić information content (AvgIpc) is 2.47. The number of carbonyl (C=O) groups excluding carboxylic acids is 2. The molecular formula is C15H13Cl2N3O2. The number of benzene rings is 2. The molecule has 0 fully saturated rings. The lowest BCUT2D eigenvalue weighted by atomic mass is 10.2. The molecule has 0 saturated carbocycles. The van der Waals surface area contributed by atoms with Gasteiger partial charge in [-0.3, -0.25) is 9.59 Å². The highest BCUT2D eigenvalue weighted by atomic mass is 35.5. The van der Waals surface area contributed by atoms with Crippen LogP contribution in [0.4, 0.5) is 11.4 Å². The van der Waals surface area contributed by atoms with E-state index in [2.05, 4.69) is 10.6 Å². The molecule has 2 aromatic carbocycles. The van der Waals surface area contributed by atoms with E-state index < -0.39 is 5.91 Å². The Kier molecular flexibility index (Phi) is 5.25. The van der Waals surface area contributed by atoms with Gasteiger partial charge in [0.25, 0.3) is 0 Å². The number of nitrogens with two attached hydrogens (primary N) is 1. The summed E-state index contributed by atoms with van der Waals surface area (Å²) < 4.78 is 0. The molecule has 0 atom stereocenters. The molecule has 2 aromatic rings. The topological polar surface area (TPSA) is 84.2 Å². The highest BCUT2D eigenvalue weighted by molar-refractivity contribution is 6.34. The van der Waals surface area contributed by atoms with Gasteiger partial charge in [-0.2, -0.15) is 0 Å². The maximum Gasteiger partial charge on any atom is 0.250 e. The first kappa shape index (κ1) is 16.1. The molecule has 0 aliphatic heterocycles. The second-order valence-corrected chi connectivity index (χ2v) is 5.31. The molecule has 0 aromatic heterocycles. The standard InChI is InChI=1S/C15H13Cl2N3O2/c16-9-1-3-10(4-2-9)20-14(21)8-19-11-5-6-12(15(18)22)13(17)7-11/h1-7,19H,8H2,(H2,18,22)(H,20,21). The molecule has 0 unspecified atom stereocenters. The number of primary amides is 1. The fourth-order valence-electron chi connectivity index (χ4n) is 1.75. The van der Waals surface area contributed by atoms with Gasteiger partial charge >= 0.3 is 0 Å². The van der Waals surface area contributed by atoms with Gasteiger partial charge in [0.2, 0.25) is 11.8 Å². The van der Waals surface area contributed by atoms with Gasteiger partial charge in [-0.15, -0.1) is 0 Å². The van der Waals surface area contributed by atoms with E-state index in [4.69, 9.17) is 28.9 Å². The molecule has 5 nitrogen and oxygen atoms in total. The maximum absolute atomic E-state index is 11.8. The molecule has 22 heavy (non-hydrogen) atoms. The van der Waals surface area contributed by atoms with Gasteiger partial charge in [-0.05, 0) is 42.5 Å². The number of halogens is 2. The van der Waals surface area contributed by atoms with Crippen molar-refractivity contribution in [3.05, 3.63) is 58.1 Å². The molecule has 7 heteroatoms. The van der Waals surface area contributed by atoms with E-state index in [0.717, 1.165) is 0 Å². The van der Waals surface area contributed by atoms with Gasteiger partial charge in [-0.1, -0.05) is 23.2 Å². The van der Waals surface area contributed by atoms with Crippen molar-refractivity contribution in [3.8, 4) is 0 Å². The van der Waals surface area contributed by atoms with Gasteiger partial charge in [-0.25, -0.2) is 0 Å². The van der Waals surface area contributed by atoms with E-state index in [9.17, 15) is 9.59 Å². The van der Waals surface area contributed by atoms with Crippen LogP contribution in [0.5, 0.6) is 0 Å². The average molecular weight is 338 g/mol. The second kappa shape index (κ2) is 7.15. The predicted octanol–water partition coefficient (Wildman–Crippen LogP) is 3.14. The van der Waals surface area contributed by atoms with Crippen LogP contribution in [0.3, 0.4) is 0 Å². The molecule has 4 N–H and O–H groups in total. The molecule has 0 saturated heterocycles. The van der Waals surface area contributed by atoms with Crippen LogP contribution in [0.15, 0.2) is 42.5 Å². The SMILES string of the molecule is NC(=O)c1ccc(NCC(=O)Nc2ccc(Cl)cc2)cc1Cl. The monoisotopic (exact) mass is 337 g/mol. The summed E-state index contributed by atoms with van der Waals surface area (Å²) in [5.41, 5.74) is 6.66. The van der Waals surface area contributed by atoms with E-state index in [1.165, 1.54) is 12.1 Å². The molecule has 0 bridgehead atoms. The van der Waals surface area contributed by atoms with Crippen LogP contribution in [0, 0.1) is 0 Å². The van der Waals surface area contributed by atoms with Crippen molar-refractivity contribution in [2.24, 2.45) is 5.73 Å². The van der Waals surface area contributed by atoms with Crippen molar-refractivity contribution in [3.63, 3.8) is 0 Å². The number of rotatable bonds is 5. The van der Waals surface area contributed by atoms with Crippen molar-refractivity contribution in [2.45, 2.75) is 0 Å². The Bertz CT molecular complexity index is 702. The van der Waals surface area contributed by atoms with Gasteiger partial charge in [0.1, 0.15) is 0 Å². The molecule has 2 amide bonds. The first-order valence-corrected chi connectivity index (χ1v) is 7.10. The van der Waals surface area contributed by atoms with Crippen LogP contribution in [-0.2, 0) is 4.79 Å². The van der Waals surface area contributed by atoms with Gasteiger partial charge in [0.15, 0.2) is 0 Å². The summed E-state index contributed by atoms with van der Waals surface area (Å²) in [6.07, 6.45) is 0. The Morgan fingerprint density at radius 1 is 1.00 bits per heavy atom. The minimum Gasteiger partial charge on any atom is -0.376 e. The third kappa shape index (κ3) is 4.38. The zero-order chi connectivity index (χ0) is 16.1. The van der Waals surface area contributed by atoms with Crippen LogP contribution in [-0.4, -0.2) is 18.4 Å². The molecule has 114 valence electrons. The van der Waals surface area contributed by atoms with Gasteiger partial charge in [0, 0.05) is 16.4 Å². The van der Waals surface area contributed by atoms with E-state index in [1.807, 2.05) is 0 Å². The van der Waals surface area contributed by atoms with E-state index in [0.29, 0.717) is 16.4 Å².